The molecule has 3 rings (SSSR count). The van der Waals surface area contributed by atoms with Crippen LogP contribution in [0.2, 0.25) is 0 Å². The quantitative estimate of drug-likeness (QED) is 0.873. The van der Waals surface area contributed by atoms with Crippen molar-refractivity contribution >= 4 is 15.9 Å². The summed E-state index contributed by atoms with van der Waals surface area (Å²) in [6.07, 6.45) is 5.33. The fourth-order valence-corrected chi connectivity index (χ4v) is 5.74. The summed E-state index contributed by atoms with van der Waals surface area (Å²) in [4.78, 5) is 14.6. The minimum atomic E-state index is -3.40. The van der Waals surface area contributed by atoms with Crippen molar-refractivity contribution in [3.05, 3.63) is 17.0 Å². The summed E-state index contributed by atoms with van der Waals surface area (Å²) in [5, 5.41) is 3.78. The SMILES string of the molecule is Cc1nn(C)c(C)c1C(=O)N1CCCC(S(=O)(=O)NC2CCCC2)C1. The lowest BCUT2D eigenvalue weighted by molar-refractivity contribution is 0.0725. The highest BCUT2D eigenvalue weighted by atomic mass is 32.2. The van der Waals surface area contributed by atoms with E-state index >= 15 is 0 Å². The third-order valence-corrected chi connectivity index (χ3v) is 7.44. The number of hydrogen-bond donors (Lipinski definition) is 1. The number of likely N-dealkylation sites (tertiary alicyclic amines) is 1. The molecule has 1 saturated heterocycles. The number of nitrogens with one attached hydrogen (secondary N) is 1. The Morgan fingerprint density at radius 1 is 1.16 bits per heavy atom. The van der Waals surface area contributed by atoms with E-state index in [2.05, 4.69) is 9.82 Å². The minimum Gasteiger partial charge on any atom is -0.337 e. The summed E-state index contributed by atoms with van der Waals surface area (Å²) in [6.45, 7) is 4.55. The Balaban J connectivity index is 1.73. The van der Waals surface area contributed by atoms with Crippen LogP contribution in [-0.4, -0.2) is 53.4 Å². The molecule has 1 saturated carbocycles. The molecule has 0 spiro atoms. The molecule has 1 aliphatic carbocycles. The average Bonchev–Trinajstić information content (AvgIpc) is 3.15. The number of aromatic nitrogens is 2. The van der Waals surface area contributed by atoms with E-state index in [1.54, 1.807) is 9.58 Å². The van der Waals surface area contributed by atoms with Gasteiger partial charge in [0, 0.05) is 31.9 Å². The Hall–Kier alpha value is -1.41. The molecule has 1 unspecified atom stereocenters. The van der Waals surface area contributed by atoms with Gasteiger partial charge >= 0.3 is 0 Å². The highest BCUT2D eigenvalue weighted by molar-refractivity contribution is 7.90. The highest BCUT2D eigenvalue weighted by Gasteiger charge is 2.35. The lowest BCUT2D eigenvalue weighted by Gasteiger charge is -2.33. The molecule has 2 heterocycles. The number of hydrogen-bond acceptors (Lipinski definition) is 4. The maximum absolute atomic E-state index is 12.9. The van der Waals surface area contributed by atoms with Crippen molar-refractivity contribution in [2.45, 2.75) is 63.7 Å². The van der Waals surface area contributed by atoms with Crippen LogP contribution in [0, 0.1) is 13.8 Å². The smallest absolute Gasteiger partial charge is 0.257 e. The second-order valence-electron chi connectivity index (χ2n) is 7.33. The van der Waals surface area contributed by atoms with Crippen LogP contribution in [0.4, 0.5) is 0 Å². The number of piperidine rings is 1. The minimum absolute atomic E-state index is 0.0684. The summed E-state index contributed by atoms with van der Waals surface area (Å²) in [5.41, 5.74) is 2.11. The number of carbonyl (C=O) groups excluding carboxylic acids is 1. The maximum Gasteiger partial charge on any atom is 0.257 e. The first-order valence-corrected chi connectivity index (χ1v) is 10.6. The molecule has 0 aromatic carbocycles. The molecule has 2 aliphatic rings. The second-order valence-corrected chi connectivity index (χ2v) is 9.32. The van der Waals surface area contributed by atoms with Crippen molar-refractivity contribution in [2.75, 3.05) is 13.1 Å². The second kappa shape index (κ2) is 7.07. The van der Waals surface area contributed by atoms with Crippen molar-refractivity contribution in [1.29, 1.82) is 0 Å². The van der Waals surface area contributed by atoms with Crippen LogP contribution >= 0.6 is 0 Å². The van der Waals surface area contributed by atoms with Gasteiger partial charge in [0.15, 0.2) is 0 Å². The summed E-state index contributed by atoms with van der Waals surface area (Å²) < 4.78 is 30.0. The van der Waals surface area contributed by atoms with E-state index in [4.69, 9.17) is 0 Å². The number of sulfonamides is 1. The fourth-order valence-electron chi connectivity index (χ4n) is 3.99. The first kappa shape index (κ1) is 18.4. The lowest BCUT2D eigenvalue weighted by atomic mass is 10.1. The molecule has 25 heavy (non-hydrogen) atoms. The molecule has 1 aromatic rings. The number of nitrogens with zero attached hydrogens (tertiary/aromatic N) is 3. The van der Waals surface area contributed by atoms with Crippen LogP contribution in [0.25, 0.3) is 0 Å². The number of carbonyl (C=O) groups is 1. The molecule has 1 aromatic heterocycles. The van der Waals surface area contributed by atoms with Crippen LogP contribution in [0.3, 0.4) is 0 Å². The largest absolute Gasteiger partial charge is 0.337 e. The molecular weight excluding hydrogens is 340 g/mol. The first-order chi connectivity index (χ1) is 11.8. The Morgan fingerprint density at radius 2 is 1.84 bits per heavy atom. The summed E-state index contributed by atoms with van der Waals surface area (Å²) >= 11 is 0. The Morgan fingerprint density at radius 3 is 2.44 bits per heavy atom. The Kier molecular flexibility index (Phi) is 5.20. The molecule has 1 aliphatic heterocycles. The fraction of sp³-hybridized carbons (Fsp3) is 0.765. The molecule has 2 fully saturated rings. The van der Waals surface area contributed by atoms with Gasteiger partial charge in [-0.05, 0) is 39.5 Å². The van der Waals surface area contributed by atoms with E-state index in [0.717, 1.165) is 31.4 Å². The molecule has 1 N–H and O–H groups in total. The van der Waals surface area contributed by atoms with Crippen molar-refractivity contribution in [1.82, 2.24) is 19.4 Å². The number of rotatable bonds is 4. The summed E-state index contributed by atoms with van der Waals surface area (Å²) in [6, 6.07) is 0.0684. The normalized spacial score (nSPS) is 22.5. The van der Waals surface area contributed by atoms with Gasteiger partial charge in [0.1, 0.15) is 0 Å². The van der Waals surface area contributed by atoms with Crippen molar-refractivity contribution < 1.29 is 13.2 Å². The Bertz CT molecular complexity index is 750. The molecule has 8 heteroatoms. The van der Waals surface area contributed by atoms with Crippen LogP contribution in [0.5, 0.6) is 0 Å². The zero-order chi connectivity index (χ0) is 18.2. The standard InChI is InChI=1S/C17H28N4O3S/c1-12-16(13(2)20(3)18-12)17(22)21-10-6-9-15(11-21)25(23,24)19-14-7-4-5-8-14/h14-15,19H,4-11H2,1-3H3. The van der Waals surface area contributed by atoms with Gasteiger partial charge in [-0.2, -0.15) is 5.10 Å². The van der Waals surface area contributed by atoms with Gasteiger partial charge in [0.05, 0.1) is 16.5 Å². The van der Waals surface area contributed by atoms with Crippen LogP contribution < -0.4 is 4.72 Å². The monoisotopic (exact) mass is 368 g/mol. The van der Waals surface area contributed by atoms with Gasteiger partial charge in [-0.15, -0.1) is 0 Å². The number of amides is 1. The van der Waals surface area contributed by atoms with E-state index in [-0.39, 0.29) is 18.5 Å². The topological polar surface area (TPSA) is 84.3 Å². The van der Waals surface area contributed by atoms with Crippen molar-refractivity contribution in [3.8, 4) is 0 Å². The lowest BCUT2D eigenvalue weighted by Crippen LogP contribution is -2.50. The van der Waals surface area contributed by atoms with Gasteiger partial charge in [-0.3, -0.25) is 9.48 Å². The molecule has 0 radical (unpaired) electrons. The van der Waals surface area contributed by atoms with Gasteiger partial charge in [0.2, 0.25) is 10.0 Å². The van der Waals surface area contributed by atoms with Gasteiger partial charge < -0.3 is 4.90 Å². The molecule has 140 valence electrons. The third kappa shape index (κ3) is 3.74. The molecule has 0 bridgehead atoms. The Labute approximate surface area is 149 Å². The van der Waals surface area contributed by atoms with E-state index in [0.29, 0.717) is 30.6 Å². The van der Waals surface area contributed by atoms with Crippen LogP contribution in [0.1, 0.15) is 60.3 Å². The predicted molar refractivity (Wildman–Crippen MR) is 95.9 cm³/mol. The van der Waals surface area contributed by atoms with Crippen molar-refractivity contribution in [2.24, 2.45) is 7.05 Å². The maximum atomic E-state index is 12.9. The van der Waals surface area contributed by atoms with Gasteiger partial charge in [-0.1, -0.05) is 12.8 Å². The summed E-state index contributed by atoms with van der Waals surface area (Å²) in [7, 11) is -1.58. The molecule has 1 amide bonds. The number of aryl methyl sites for hydroxylation is 2. The van der Waals surface area contributed by atoms with Gasteiger partial charge in [0.25, 0.3) is 5.91 Å². The zero-order valence-corrected chi connectivity index (χ0v) is 16.1. The molecule has 7 nitrogen and oxygen atoms in total. The average molecular weight is 369 g/mol. The molecule has 1 atom stereocenters. The van der Waals surface area contributed by atoms with E-state index in [1.807, 2.05) is 20.9 Å². The van der Waals surface area contributed by atoms with Crippen LogP contribution in [-0.2, 0) is 17.1 Å². The van der Waals surface area contributed by atoms with E-state index in [1.165, 1.54) is 0 Å². The van der Waals surface area contributed by atoms with Crippen LogP contribution in [0.15, 0.2) is 0 Å². The molecular formula is C17H28N4O3S. The highest BCUT2D eigenvalue weighted by Crippen LogP contribution is 2.24. The first-order valence-electron chi connectivity index (χ1n) is 9.10. The third-order valence-electron chi connectivity index (χ3n) is 5.51. The summed E-state index contributed by atoms with van der Waals surface area (Å²) in [5.74, 6) is -0.108. The van der Waals surface area contributed by atoms with E-state index in [9.17, 15) is 13.2 Å². The predicted octanol–water partition coefficient (Wildman–Crippen LogP) is 1.50. The van der Waals surface area contributed by atoms with E-state index < -0.39 is 15.3 Å². The zero-order valence-electron chi connectivity index (χ0n) is 15.3. The van der Waals surface area contributed by atoms with Gasteiger partial charge in [-0.25, -0.2) is 13.1 Å². The van der Waals surface area contributed by atoms with Crippen molar-refractivity contribution in [3.63, 3.8) is 0 Å².